The van der Waals surface area contributed by atoms with Crippen LogP contribution in [0.25, 0.3) is 22.2 Å². The van der Waals surface area contributed by atoms with Crippen molar-refractivity contribution in [1.82, 2.24) is 14.7 Å². The molecule has 32 heavy (non-hydrogen) atoms. The molecule has 6 heteroatoms. The van der Waals surface area contributed by atoms with E-state index in [0.29, 0.717) is 18.6 Å². The second-order valence-electron chi connectivity index (χ2n) is 8.77. The molecule has 4 aromatic rings. The summed E-state index contributed by atoms with van der Waals surface area (Å²) in [6.45, 7) is 3.90. The Kier molecular flexibility index (Phi) is 5.55. The monoisotopic (exact) mass is 433 g/mol. The molecule has 1 aliphatic rings. The molecule has 2 aromatic carbocycles. The van der Waals surface area contributed by atoms with Gasteiger partial charge in [-0.25, -0.2) is 9.37 Å². The quantitative estimate of drug-likeness (QED) is 0.378. The van der Waals surface area contributed by atoms with E-state index in [1.54, 1.807) is 7.11 Å². The van der Waals surface area contributed by atoms with E-state index in [2.05, 4.69) is 27.9 Å². The van der Waals surface area contributed by atoms with Crippen LogP contribution in [0.4, 0.5) is 4.39 Å². The Morgan fingerprint density at radius 2 is 1.81 bits per heavy atom. The van der Waals surface area contributed by atoms with Gasteiger partial charge in [-0.05, 0) is 74.9 Å². The minimum atomic E-state index is -0.218. The SMILES string of the molecule is COC1CCC(n2c(Cc3ccc(F)cc3)nc3cc(-c4c(C)noc4C)ccc32)CC1. The standard InChI is InChI=1S/C26H28FN3O2/c1-16-26(17(2)32-29-16)19-6-13-24-23(15-19)28-25(14-18-4-7-20(27)8-5-18)30(24)21-9-11-22(31-3)12-10-21/h4-8,13,15,21-22H,9-12,14H2,1-3H3. The Bertz CT molecular complexity index is 1210. The summed E-state index contributed by atoms with van der Waals surface area (Å²) < 4.78 is 26.8. The summed E-state index contributed by atoms with van der Waals surface area (Å²) in [5.74, 6) is 1.61. The lowest BCUT2D eigenvalue weighted by atomic mass is 9.92. The van der Waals surface area contributed by atoms with Gasteiger partial charge >= 0.3 is 0 Å². The van der Waals surface area contributed by atoms with Gasteiger partial charge in [0.25, 0.3) is 0 Å². The molecule has 0 N–H and O–H groups in total. The van der Waals surface area contributed by atoms with E-state index in [0.717, 1.165) is 70.7 Å². The van der Waals surface area contributed by atoms with Crippen LogP contribution in [-0.4, -0.2) is 27.9 Å². The molecule has 0 amide bonds. The molecule has 0 radical (unpaired) electrons. The van der Waals surface area contributed by atoms with Crippen LogP contribution in [0.1, 0.15) is 54.6 Å². The first kappa shape index (κ1) is 20.9. The van der Waals surface area contributed by atoms with Gasteiger partial charge in [0.1, 0.15) is 17.4 Å². The Hall–Kier alpha value is -2.99. The van der Waals surface area contributed by atoms with Crippen molar-refractivity contribution in [2.24, 2.45) is 0 Å². The Morgan fingerprint density at radius 1 is 1.06 bits per heavy atom. The molecule has 0 unspecified atom stereocenters. The van der Waals surface area contributed by atoms with E-state index in [1.165, 1.54) is 12.1 Å². The zero-order valence-electron chi connectivity index (χ0n) is 18.8. The van der Waals surface area contributed by atoms with Gasteiger partial charge in [-0.15, -0.1) is 0 Å². The fourth-order valence-electron chi connectivity index (χ4n) is 5.06. The van der Waals surface area contributed by atoms with Crippen LogP contribution in [0.3, 0.4) is 0 Å². The van der Waals surface area contributed by atoms with E-state index in [1.807, 2.05) is 26.0 Å². The first-order valence-corrected chi connectivity index (χ1v) is 11.2. The molecule has 1 saturated carbocycles. The number of ether oxygens (including phenoxy) is 1. The fraction of sp³-hybridized carbons (Fsp3) is 0.385. The maximum atomic E-state index is 13.4. The topological polar surface area (TPSA) is 53.1 Å². The lowest BCUT2D eigenvalue weighted by Gasteiger charge is -2.30. The molecule has 2 aromatic heterocycles. The third kappa shape index (κ3) is 3.84. The minimum absolute atomic E-state index is 0.218. The summed E-state index contributed by atoms with van der Waals surface area (Å²) >= 11 is 0. The van der Waals surface area contributed by atoms with Crippen LogP contribution < -0.4 is 0 Å². The number of aryl methyl sites for hydroxylation is 2. The van der Waals surface area contributed by atoms with Gasteiger partial charge in [0.15, 0.2) is 0 Å². The molecule has 5 rings (SSSR count). The normalized spacial score (nSPS) is 19.0. The molecule has 1 fully saturated rings. The molecule has 5 nitrogen and oxygen atoms in total. The van der Waals surface area contributed by atoms with Crippen molar-refractivity contribution < 1.29 is 13.7 Å². The van der Waals surface area contributed by atoms with Crippen LogP contribution in [-0.2, 0) is 11.2 Å². The zero-order chi connectivity index (χ0) is 22.2. The van der Waals surface area contributed by atoms with Crippen molar-refractivity contribution >= 4 is 11.0 Å². The van der Waals surface area contributed by atoms with Crippen molar-refractivity contribution in [3.8, 4) is 11.1 Å². The summed E-state index contributed by atoms with van der Waals surface area (Å²) in [6.07, 6.45) is 5.23. The number of halogens is 1. The third-order valence-corrected chi connectivity index (χ3v) is 6.70. The largest absolute Gasteiger partial charge is 0.381 e. The fourth-order valence-corrected chi connectivity index (χ4v) is 5.06. The Balaban J connectivity index is 1.58. The van der Waals surface area contributed by atoms with Crippen molar-refractivity contribution in [1.29, 1.82) is 0 Å². The van der Waals surface area contributed by atoms with E-state index >= 15 is 0 Å². The molecule has 0 saturated heterocycles. The zero-order valence-corrected chi connectivity index (χ0v) is 18.8. The van der Waals surface area contributed by atoms with E-state index in [-0.39, 0.29) is 5.82 Å². The maximum absolute atomic E-state index is 13.4. The van der Waals surface area contributed by atoms with Crippen molar-refractivity contribution in [3.05, 3.63) is 71.1 Å². The highest BCUT2D eigenvalue weighted by atomic mass is 19.1. The lowest BCUT2D eigenvalue weighted by molar-refractivity contribution is 0.0586. The molecule has 0 atom stereocenters. The van der Waals surface area contributed by atoms with Gasteiger partial charge in [-0.3, -0.25) is 0 Å². The number of benzene rings is 2. The molecule has 1 aliphatic carbocycles. The number of imidazole rings is 1. The molecule has 166 valence electrons. The maximum Gasteiger partial charge on any atom is 0.141 e. The highest BCUT2D eigenvalue weighted by Crippen LogP contribution is 2.36. The average molecular weight is 434 g/mol. The summed E-state index contributed by atoms with van der Waals surface area (Å²) in [7, 11) is 1.80. The van der Waals surface area contributed by atoms with Crippen LogP contribution in [0.2, 0.25) is 0 Å². The number of rotatable bonds is 5. The minimum Gasteiger partial charge on any atom is -0.381 e. The van der Waals surface area contributed by atoms with Crippen molar-refractivity contribution in [2.45, 2.75) is 58.1 Å². The summed E-state index contributed by atoms with van der Waals surface area (Å²) in [6, 6.07) is 13.5. The van der Waals surface area contributed by atoms with E-state index in [4.69, 9.17) is 14.2 Å². The predicted octanol–water partition coefficient (Wildman–Crippen LogP) is 6.17. The highest BCUT2D eigenvalue weighted by Gasteiger charge is 2.26. The molecule has 0 aliphatic heterocycles. The van der Waals surface area contributed by atoms with Gasteiger partial charge < -0.3 is 13.8 Å². The van der Waals surface area contributed by atoms with Crippen molar-refractivity contribution in [2.75, 3.05) is 7.11 Å². The number of aromatic nitrogens is 3. The van der Waals surface area contributed by atoms with Crippen LogP contribution >= 0.6 is 0 Å². The van der Waals surface area contributed by atoms with Gasteiger partial charge in [-0.2, -0.15) is 0 Å². The van der Waals surface area contributed by atoms with Crippen LogP contribution in [0, 0.1) is 19.7 Å². The highest BCUT2D eigenvalue weighted by molar-refractivity contribution is 5.83. The van der Waals surface area contributed by atoms with Crippen molar-refractivity contribution in [3.63, 3.8) is 0 Å². The molecular weight excluding hydrogens is 405 g/mol. The summed E-state index contributed by atoms with van der Waals surface area (Å²) in [4.78, 5) is 5.06. The van der Waals surface area contributed by atoms with Gasteiger partial charge in [0, 0.05) is 25.1 Å². The summed E-state index contributed by atoms with van der Waals surface area (Å²) in [5.41, 5.74) is 6.13. The Morgan fingerprint density at radius 3 is 2.47 bits per heavy atom. The molecule has 0 bridgehead atoms. The smallest absolute Gasteiger partial charge is 0.141 e. The molecule has 0 spiro atoms. The number of fused-ring (bicyclic) bond motifs is 1. The number of nitrogens with zero attached hydrogens (tertiary/aromatic N) is 3. The van der Waals surface area contributed by atoms with Gasteiger partial charge in [0.2, 0.25) is 0 Å². The number of hydrogen-bond acceptors (Lipinski definition) is 4. The number of methoxy groups -OCH3 is 1. The van der Waals surface area contributed by atoms with E-state index < -0.39 is 0 Å². The first-order valence-electron chi connectivity index (χ1n) is 11.2. The molecule has 2 heterocycles. The average Bonchev–Trinajstić information content (AvgIpc) is 3.33. The predicted molar refractivity (Wildman–Crippen MR) is 122 cm³/mol. The summed E-state index contributed by atoms with van der Waals surface area (Å²) in [5, 5.41) is 4.10. The van der Waals surface area contributed by atoms with Crippen LogP contribution in [0.5, 0.6) is 0 Å². The van der Waals surface area contributed by atoms with E-state index in [9.17, 15) is 4.39 Å². The van der Waals surface area contributed by atoms with Crippen LogP contribution in [0.15, 0.2) is 47.0 Å². The second-order valence-corrected chi connectivity index (χ2v) is 8.77. The van der Waals surface area contributed by atoms with Gasteiger partial charge in [-0.1, -0.05) is 23.4 Å². The first-order chi connectivity index (χ1) is 15.5. The lowest BCUT2D eigenvalue weighted by Crippen LogP contribution is -2.23. The number of hydrogen-bond donors (Lipinski definition) is 0. The Labute approximate surface area is 187 Å². The third-order valence-electron chi connectivity index (χ3n) is 6.70. The molecular formula is C26H28FN3O2. The van der Waals surface area contributed by atoms with Gasteiger partial charge in [0.05, 0.1) is 22.8 Å². The second kappa shape index (κ2) is 8.51.